The van der Waals surface area contributed by atoms with Gasteiger partial charge in [-0.1, -0.05) is 28.1 Å². The SMILES string of the molecule is COc1cc(-c2ccc(Br)cc2)cc2oc(=O)c(C)c(C)c12. The molecule has 4 heteroatoms. The highest BCUT2D eigenvalue weighted by Gasteiger charge is 2.14. The fraction of sp³-hybridized carbons (Fsp3) is 0.167. The summed E-state index contributed by atoms with van der Waals surface area (Å²) in [6, 6.07) is 11.8. The van der Waals surface area contributed by atoms with Crippen LogP contribution in [0.5, 0.6) is 5.75 Å². The Morgan fingerprint density at radius 3 is 2.32 bits per heavy atom. The summed E-state index contributed by atoms with van der Waals surface area (Å²) < 4.78 is 12.0. The lowest BCUT2D eigenvalue weighted by atomic mass is 10.00. The van der Waals surface area contributed by atoms with Gasteiger partial charge in [-0.05, 0) is 54.8 Å². The van der Waals surface area contributed by atoms with Crippen molar-refractivity contribution in [3.63, 3.8) is 0 Å². The van der Waals surface area contributed by atoms with Crippen molar-refractivity contribution in [3.8, 4) is 16.9 Å². The Hall–Kier alpha value is -2.07. The van der Waals surface area contributed by atoms with Gasteiger partial charge >= 0.3 is 5.63 Å². The second-order valence-electron chi connectivity index (χ2n) is 5.20. The topological polar surface area (TPSA) is 39.4 Å². The van der Waals surface area contributed by atoms with Gasteiger partial charge in [-0.3, -0.25) is 0 Å². The van der Waals surface area contributed by atoms with Crippen molar-refractivity contribution >= 4 is 26.9 Å². The molecule has 0 atom stereocenters. The van der Waals surface area contributed by atoms with E-state index in [-0.39, 0.29) is 5.63 Å². The molecule has 1 aromatic heterocycles. The van der Waals surface area contributed by atoms with Crippen molar-refractivity contribution in [3.05, 3.63) is 62.4 Å². The van der Waals surface area contributed by atoms with Gasteiger partial charge in [0, 0.05) is 10.0 Å². The average Bonchev–Trinajstić information content (AvgIpc) is 2.52. The molecular weight excluding hydrogens is 344 g/mol. The van der Waals surface area contributed by atoms with Gasteiger partial charge in [-0.25, -0.2) is 4.79 Å². The van der Waals surface area contributed by atoms with Crippen LogP contribution in [0.2, 0.25) is 0 Å². The van der Waals surface area contributed by atoms with E-state index in [1.165, 1.54) is 0 Å². The third-order valence-electron chi connectivity index (χ3n) is 3.91. The van der Waals surface area contributed by atoms with Crippen LogP contribution < -0.4 is 10.4 Å². The fourth-order valence-corrected chi connectivity index (χ4v) is 2.79. The maximum Gasteiger partial charge on any atom is 0.339 e. The van der Waals surface area contributed by atoms with Gasteiger partial charge in [0.25, 0.3) is 0 Å². The number of aryl methyl sites for hydroxylation is 1. The molecule has 0 unspecified atom stereocenters. The van der Waals surface area contributed by atoms with E-state index in [9.17, 15) is 4.79 Å². The molecule has 0 bridgehead atoms. The minimum atomic E-state index is -0.306. The first-order chi connectivity index (χ1) is 10.5. The van der Waals surface area contributed by atoms with E-state index in [0.717, 1.165) is 26.5 Å². The lowest BCUT2D eigenvalue weighted by Crippen LogP contribution is -2.06. The van der Waals surface area contributed by atoms with E-state index >= 15 is 0 Å². The summed E-state index contributed by atoms with van der Waals surface area (Å²) in [5.74, 6) is 0.708. The lowest BCUT2D eigenvalue weighted by Gasteiger charge is -2.12. The van der Waals surface area contributed by atoms with Gasteiger partial charge in [-0.15, -0.1) is 0 Å². The van der Waals surface area contributed by atoms with Crippen molar-refractivity contribution in [2.24, 2.45) is 0 Å². The molecule has 0 aliphatic heterocycles. The summed E-state index contributed by atoms with van der Waals surface area (Å²) in [6.45, 7) is 3.68. The van der Waals surface area contributed by atoms with Crippen LogP contribution in [0.1, 0.15) is 11.1 Å². The van der Waals surface area contributed by atoms with Crippen LogP contribution in [0, 0.1) is 13.8 Å². The van der Waals surface area contributed by atoms with Crippen molar-refractivity contribution in [2.75, 3.05) is 7.11 Å². The standard InChI is InChI=1S/C18H15BrO3/c1-10-11(2)18(20)22-16-9-13(8-15(21-3)17(10)16)12-4-6-14(19)7-5-12/h4-9H,1-3H3. The summed E-state index contributed by atoms with van der Waals surface area (Å²) >= 11 is 3.43. The smallest absolute Gasteiger partial charge is 0.339 e. The normalized spacial score (nSPS) is 10.9. The van der Waals surface area contributed by atoms with Crippen molar-refractivity contribution < 1.29 is 9.15 Å². The van der Waals surface area contributed by atoms with Crippen LogP contribution in [0.25, 0.3) is 22.1 Å². The maximum absolute atomic E-state index is 11.9. The summed E-state index contributed by atoms with van der Waals surface area (Å²) in [7, 11) is 1.63. The predicted molar refractivity (Wildman–Crippen MR) is 91.6 cm³/mol. The van der Waals surface area contributed by atoms with Crippen molar-refractivity contribution in [1.29, 1.82) is 0 Å². The Morgan fingerprint density at radius 1 is 1.00 bits per heavy atom. The minimum Gasteiger partial charge on any atom is -0.496 e. The Labute approximate surface area is 136 Å². The first kappa shape index (κ1) is 14.9. The van der Waals surface area contributed by atoms with Gasteiger partial charge in [0.15, 0.2) is 0 Å². The maximum atomic E-state index is 11.9. The number of hydrogen-bond acceptors (Lipinski definition) is 3. The zero-order valence-corrected chi connectivity index (χ0v) is 14.2. The molecule has 3 nitrogen and oxygen atoms in total. The molecule has 0 N–H and O–H groups in total. The molecule has 1 heterocycles. The Bertz CT molecular complexity index is 908. The van der Waals surface area contributed by atoms with E-state index in [0.29, 0.717) is 16.9 Å². The highest BCUT2D eigenvalue weighted by Crippen LogP contribution is 2.34. The molecule has 22 heavy (non-hydrogen) atoms. The average molecular weight is 359 g/mol. The van der Waals surface area contributed by atoms with E-state index in [1.807, 2.05) is 43.3 Å². The van der Waals surface area contributed by atoms with Crippen LogP contribution in [0.4, 0.5) is 0 Å². The molecule has 0 aliphatic rings. The summed E-state index contributed by atoms with van der Waals surface area (Å²) in [5.41, 5.74) is 3.73. The largest absolute Gasteiger partial charge is 0.496 e. The second-order valence-corrected chi connectivity index (χ2v) is 6.11. The van der Waals surface area contributed by atoms with Crippen molar-refractivity contribution in [2.45, 2.75) is 13.8 Å². The highest BCUT2D eigenvalue weighted by molar-refractivity contribution is 9.10. The molecule has 0 aliphatic carbocycles. The molecule has 0 saturated heterocycles. The number of benzene rings is 2. The molecular formula is C18H15BrO3. The van der Waals surface area contributed by atoms with Crippen LogP contribution in [-0.4, -0.2) is 7.11 Å². The number of halogens is 1. The quantitative estimate of drug-likeness (QED) is 0.614. The number of methoxy groups -OCH3 is 1. The lowest BCUT2D eigenvalue weighted by molar-refractivity contribution is 0.418. The zero-order valence-electron chi connectivity index (χ0n) is 12.6. The Morgan fingerprint density at radius 2 is 1.68 bits per heavy atom. The molecule has 0 spiro atoms. The van der Waals surface area contributed by atoms with Crippen LogP contribution in [-0.2, 0) is 0 Å². The zero-order chi connectivity index (χ0) is 15.9. The molecule has 112 valence electrons. The van der Waals surface area contributed by atoms with Gasteiger partial charge in [0.1, 0.15) is 11.3 Å². The first-order valence-corrected chi connectivity index (χ1v) is 7.68. The fourth-order valence-electron chi connectivity index (χ4n) is 2.53. The molecule has 3 rings (SSSR count). The molecule has 0 radical (unpaired) electrons. The summed E-state index contributed by atoms with van der Waals surface area (Å²) in [4.78, 5) is 11.9. The van der Waals surface area contributed by atoms with Gasteiger partial charge < -0.3 is 9.15 Å². The molecule has 0 saturated carbocycles. The molecule has 2 aromatic carbocycles. The second kappa shape index (κ2) is 5.61. The summed E-state index contributed by atoms with van der Waals surface area (Å²) in [6.07, 6.45) is 0. The Kier molecular flexibility index (Phi) is 3.79. The molecule has 0 amide bonds. The van der Waals surface area contributed by atoms with Crippen molar-refractivity contribution in [1.82, 2.24) is 0 Å². The molecule has 0 fully saturated rings. The van der Waals surface area contributed by atoms with E-state index < -0.39 is 0 Å². The first-order valence-electron chi connectivity index (χ1n) is 6.89. The van der Waals surface area contributed by atoms with Crippen LogP contribution in [0.3, 0.4) is 0 Å². The third-order valence-corrected chi connectivity index (χ3v) is 4.44. The van der Waals surface area contributed by atoms with Crippen LogP contribution in [0.15, 0.2) is 50.1 Å². The van der Waals surface area contributed by atoms with E-state index in [4.69, 9.17) is 9.15 Å². The van der Waals surface area contributed by atoms with Gasteiger partial charge in [-0.2, -0.15) is 0 Å². The number of fused-ring (bicyclic) bond motifs is 1. The number of rotatable bonds is 2. The van der Waals surface area contributed by atoms with E-state index in [2.05, 4.69) is 15.9 Å². The monoisotopic (exact) mass is 358 g/mol. The van der Waals surface area contributed by atoms with E-state index in [1.54, 1.807) is 14.0 Å². The Balaban J connectivity index is 2.33. The predicted octanol–water partition coefficient (Wildman–Crippen LogP) is 4.85. The van der Waals surface area contributed by atoms with Gasteiger partial charge in [0.2, 0.25) is 0 Å². The summed E-state index contributed by atoms with van der Waals surface area (Å²) in [5, 5.41) is 0.848. The highest BCUT2D eigenvalue weighted by atomic mass is 79.9. The van der Waals surface area contributed by atoms with Gasteiger partial charge in [0.05, 0.1) is 12.5 Å². The third kappa shape index (κ3) is 2.44. The minimum absolute atomic E-state index is 0.306. The molecule has 3 aromatic rings. The number of ether oxygens (including phenoxy) is 1. The number of hydrogen-bond donors (Lipinski definition) is 0. The van der Waals surface area contributed by atoms with Crippen LogP contribution >= 0.6 is 15.9 Å².